The molecule has 1 N–H and O–H groups in total. The van der Waals surface area contributed by atoms with E-state index in [-0.39, 0.29) is 11.1 Å². The molecule has 1 aliphatic rings. The Balaban J connectivity index is 1.58. The van der Waals surface area contributed by atoms with E-state index in [1.807, 2.05) is 18.2 Å². The van der Waals surface area contributed by atoms with E-state index in [9.17, 15) is 13.2 Å². The van der Waals surface area contributed by atoms with Gasteiger partial charge in [0.15, 0.2) is 0 Å². The molecular weight excluding hydrogens is 353 g/mol. The van der Waals surface area contributed by atoms with Crippen molar-refractivity contribution in [3.8, 4) is 0 Å². The topological polar surface area (TPSA) is 50.7 Å². The molecule has 2 heterocycles. The van der Waals surface area contributed by atoms with Crippen LogP contribution in [-0.2, 0) is 6.18 Å². The standard InChI is InChI=1S/C17H18ClF3N4/c18-16-24-10-13(17(19,20)21)15(25-16)23-9-11-4-6-12(7-5-11)14-3-1-2-8-22-14/h1-3,8,10-12H,4-7,9H2,(H,23,24,25). The Kier molecular flexibility index (Phi) is 5.42. The molecule has 2 aromatic heterocycles. The van der Waals surface area contributed by atoms with Crippen LogP contribution >= 0.6 is 11.6 Å². The Morgan fingerprint density at radius 1 is 1.12 bits per heavy atom. The van der Waals surface area contributed by atoms with Gasteiger partial charge in [0.1, 0.15) is 11.4 Å². The molecule has 0 aromatic carbocycles. The summed E-state index contributed by atoms with van der Waals surface area (Å²) in [7, 11) is 0. The maximum Gasteiger partial charge on any atom is 0.421 e. The van der Waals surface area contributed by atoms with Crippen LogP contribution in [0, 0.1) is 5.92 Å². The van der Waals surface area contributed by atoms with Crippen molar-refractivity contribution in [2.75, 3.05) is 11.9 Å². The van der Waals surface area contributed by atoms with Crippen molar-refractivity contribution in [2.45, 2.75) is 37.8 Å². The number of nitrogens with one attached hydrogen (secondary N) is 1. The van der Waals surface area contributed by atoms with Gasteiger partial charge in [-0.2, -0.15) is 13.2 Å². The molecule has 25 heavy (non-hydrogen) atoms. The van der Waals surface area contributed by atoms with Gasteiger partial charge >= 0.3 is 6.18 Å². The van der Waals surface area contributed by atoms with Crippen molar-refractivity contribution < 1.29 is 13.2 Å². The molecule has 1 fully saturated rings. The highest BCUT2D eigenvalue weighted by Crippen LogP contribution is 2.36. The van der Waals surface area contributed by atoms with Crippen LogP contribution < -0.4 is 5.32 Å². The Hall–Kier alpha value is -1.89. The number of pyridine rings is 1. The van der Waals surface area contributed by atoms with Crippen LogP contribution in [0.2, 0.25) is 5.28 Å². The number of alkyl halides is 3. The van der Waals surface area contributed by atoms with Crippen molar-refractivity contribution in [2.24, 2.45) is 5.92 Å². The molecule has 8 heteroatoms. The maximum atomic E-state index is 13.0. The first-order chi connectivity index (χ1) is 11.9. The average Bonchev–Trinajstić information content (AvgIpc) is 2.60. The molecule has 0 spiro atoms. The third-order valence-electron chi connectivity index (χ3n) is 4.58. The lowest BCUT2D eigenvalue weighted by Crippen LogP contribution is -2.23. The number of hydrogen-bond acceptors (Lipinski definition) is 4. The van der Waals surface area contributed by atoms with Gasteiger partial charge in [0.25, 0.3) is 0 Å². The molecule has 0 atom stereocenters. The first-order valence-electron chi connectivity index (χ1n) is 8.18. The molecule has 1 aliphatic carbocycles. The van der Waals surface area contributed by atoms with Crippen LogP contribution in [-0.4, -0.2) is 21.5 Å². The van der Waals surface area contributed by atoms with Crippen LogP contribution in [0.3, 0.4) is 0 Å². The zero-order valence-corrected chi connectivity index (χ0v) is 14.2. The highest BCUT2D eigenvalue weighted by atomic mass is 35.5. The predicted octanol–water partition coefficient (Wildman–Crippen LogP) is 4.93. The summed E-state index contributed by atoms with van der Waals surface area (Å²) in [5, 5.41) is 2.61. The number of halogens is 4. The quantitative estimate of drug-likeness (QED) is 0.775. The maximum absolute atomic E-state index is 13.0. The van der Waals surface area contributed by atoms with Gasteiger partial charge < -0.3 is 5.32 Å². The summed E-state index contributed by atoms with van der Waals surface area (Å²) in [5.41, 5.74) is 0.204. The SMILES string of the molecule is FC(F)(F)c1cnc(Cl)nc1NCC1CCC(c2ccccn2)CC1. The molecule has 0 aliphatic heterocycles. The molecule has 2 aromatic rings. The second-order valence-electron chi connectivity index (χ2n) is 6.25. The molecular formula is C17H18ClF3N4. The Labute approximate surface area is 148 Å². The molecule has 0 saturated heterocycles. The third kappa shape index (κ3) is 4.60. The fourth-order valence-corrected chi connectivity index (χ4v) is 3.36. The van der Waals surface area contributed by atoms with Gasteiger partial charge in [0.2, 0.25) is 5.28 Å². The Morgan fingerprint density at radius 2 is 1.88 bits per heavy atom. The minimum absolute atomic E-state index is 0.200. The molecule has 1 saturated carbocycles. The number of anilines is 1. The minimum atomic E-state index is -4.51. The third-order valence-corrected chi connectivity index (χ3v) is 4.76. The highest BCUT2D eigenvalue weighted by molar-refractivity contribution is 6.28. The van der Waals surface area contributed by atoms with Crippen molar-refractivity contribution >= 4 is 17.4 Å². The fourth-order valence-electron chi connectivity index (χ4n) is 3.22. The lowest BCUT2D eigenvalue weighted by atomic mass is 9.80. The summed E-state index contributed by atoms with van der Waals surface area (Å²) in [6.45, 7) is 0.436. The van der Waals surface area contributed by atoms with Crippen LogP contribution in [0.4, 0.5) is 19.0 Å². The van der Waals surface area contributed by atoms with E-state index in [2.05, 4.69) is 20.3 Å². The summed E-state index contributed by atoms with van der Waals surface area (Å²) in [5.74, 6) is 0.478. The molecule has 134 valence electrons. The van der Waals surface area contributed by atoms with Crippen molar-refractivity contribution in [3.05, 3.63) is 47.1 Å². The lowest BCUT2D eigenvalue weighted by Gasteiger charge is -2.28. The molecule has 3 rings (SSSR count). The van der Waals surface area contributed by atoms with Crippen LogP contribution in [0.15, 0.2) is 30.6 Å². The summed E-state index contributed by atoms with van der Waals surface area (Å²) in [6.07, 6.45) is 1.85. The predicted molar refractivity (Wildman–Crippen MR) is 89.5 cm³/mol. The van der Waals surface area contributed by atoms with Crippen molar-refractivity contribution in [1.82, 2.24) is 15.0 Å². The highest BCUT2D eigenvalue weighted by Gasteiger charge is 2.35. The smallest absolute Gasteiger partial charge is 0.369 e. The van der Waals surface area contributed by atoms with Gasteiger partial charge in [0, 0.05) is 30.6 Å². The van der Waals surface area contributed by atoms with Crippen molar-refractivity contribution in [1.29, 1.82) is 0 Å². The van der Waals surface area contributed by atoms with E-state index in [1.54, 1.807) is 6.20 Å². The van der Waals surface area contributed by atoms with Crippen LogP contribution in [0.1, 0.15) is 42.9 Å². The van der Waals surface area contributed by atoms with E-state index in [4.69, 9.17) is 11.6 Å². The van der Waals surface area contributed by atoms with E-state index >= 15 is 0 Å². The van der Waals surface area contributed by atoms with E-state index in [1.165, 1.54) is 0 Å². The van der Waals surface area contributed by atoms with Gasteiger partial charge in [0.05, 0.1) is 0 Å². The van der Waals surface area contributed by atoms with E-state index in [0.29, 0.717) is 18.4 Å². The zero-order chi connectivity index (χ0) is 17.9. The number of nitrogens with zero attached hydrogens (tertiary/aromatic N) is 3. The van der Waals surface area contributed by atoms with Gasteiger partial charge in [-0.25, -0.2) is 9.97 Å². The molecule has 0 amide bonds. The Bertz CT molecular complexity index is 701. The number of hydrogen-bond donors (Lipinski definition) is 1. The number of rotatable bonds is 4. The van der Waals surface area contributed by atoms with Gasteiger partial charge in [-0.15, -0.1) is 0 Å². The minimum Gasteiger partial charge on any atom is -0.369 e. The molecule has 0 radical (unpaired) electrons. The molecule has 0 bridgehead atoms. The zero-order valence-electron chi connectivity index (χ0n) is 13.4. The normalized spacial score (nSPS) is 21.1. The van der Waals surface area contributed by atoms with Gasteiger partial charge in [-0.3, -0.25) is 4.98 Å². The summed E-state index contributed by atoms with van der Waals surface area (Å²) in [6, 6.07) is 5.90. The second kappa shape index (κ2) is 7.56. The summed E-state index contributed by atoms with van der Waals surface area (Å²) < 4.78 is 39.0. The average molecular weight is 371 g/mol. The second-order valence-corrected chi connectivity index (χ2v) is 6.59. The van der Waals surface area contributed by atoms with Crippen molar-refractivity contribution in [3.63, 3.8) is 0 Å². The monoisotopic (exact) mass is 370 g/mol. The molecule has 0 unspecified atom stereocenters. The Morgan fingerprint density at radius 3 is 2.52 bits per heavy atom. The summed E-state index contributed by atoms with van der Waals surface area (Å²) >= 11 is 5.64. The van der Waals surface area contributed by atoms with Gasteiger partial charge in [-0.05, 0) is 55.3 Å². The van der Waals surface area contributed by atoms with Crippen LogP contribution in [0.25, 0.3) is 0 Å². The summed E-state index contributed by atoms with van der Waals surface area (Å²) in [4.78, 5) is 11.5. The first-order valence-corrected chi connectivity index (χ1v) is 8.56. The van der Waals surface area contributed by atoms with E-state index in [0.717, 1.165) is 37.6 Å². The van der Waals surface area contributed by atoms with E-state index < -0.39 is 11.7 Å². The first kappa shape index (κ1) is 17.9. The van der Waals surface area contributed by atoms with Gasteiger partial charge in [-0.1, -0.05) is 6.07 Å². The fraction of sp³-hybridized carbons (Fsp3) is 0.471. The number of aromatic nitrogens is 3. The molecule has 4 nitrogen and oxygen atoms in total. The van der Waals surface area contributed by atoms with Crippen LogP contribution in [0.5, 0.6) is 0 Å². The largest absolute Gasteiger partial charge is 0.421 e. The lowest BCUT2D eigenvalue weighted by molar-refractivity contribution is -0.137.